The van der Waals surface area contributed by atoms with Gasteiger partial charge >= 0.3 is 6.03 Å². The molecule has 0 spiro atoms. The van der Waals surface area contributed by atoms with Crippen molar-refractivity contribution < 1.29 is 31.4 Å². The molecule has 0 aliphatic carbocycles. The molecule has 4 N–H and O–H groups in total. The summed E-state index contributed by atoms with van der Waals surface area (Å²) in [4.78, 5) is 53.1. The number of benzene rings is 1. The maximum atomic E-state index is 13.5. The van der Waals surface area contributed by atoms with Gasteiger partial charge in [-0.3, -0.25) is 19.0 Å². The summed E-state index contributed by atoms with van der Waals surface area (Å²) in [6.45, 7) is 3.19. The molecule has 5 heterocycles. The Morgan fingerprint density at radius 1 is 1.04 bits per heavy atom. The van der Waals surface area contributed by atoms with E-state index in [0.717, 1.165) is 75.9 Å². The summed E-state index contributed by atoms with van der Waals surface area (Å²) in [5.41, 5.74) is 2.76. The van der Waals surface area contributed by atoms with Gasteiger partial charge in [-0.15, -0.1) is 11.3 Å². The predicted octanol–water partition coefficient (Wildman–Crippen LogP) is 0.236. The fourth-order valence-corrected chi connectivity index (χ4v) is 10.7. The fourth-order valence-electron chi connectivity index (χ4n) is 6.61. The summed E-state index contributed by atoms with van der Waals surface area (Å²) >= 11 is 4.96. The van der Waals surface area contributed by atoms with E-state index in [4.69, 9.17) is 0 Å². The molecule has 0 saturated carbocycles. The van der Waals surface area contributed by atoms with Crippen LogP contribution in [0.15, 0.2) is 52.3 Å². The van der Waals surface area contributed by atoms with Crippen molar-refractivity contribution in [2.24, 2.45) is 7.05 Å². The Balaban J connectivity index is 0.00000504. The molecular weight excluding hydrogens is 726 g/mol. The number of aryl methyl sites for hydroxylation is 1. The van der Waals surface area contributed by atoms with E-state index in [-0.39, 0.29) is 47.9 Å². The number of fused-ring (bicyclic) bond motifs is 2. The molecule has 11 nitrogen and oxygen atoms in total. The smallest absolute Gasteiger partial charge is 0.315 e. The zero-order valence-corrected chi connectivity index (χ0v) is 32.4. The first kappa shape index (κ1) is 38.8. The molecule has 3 aliphatic heterocycles. The van der Waals surface area contributed by atoms with Crippen molar-refractivity contribution in [2.45, 2.75) is 87.1 Å². The summed E-state index contributed by atoms with van der Waals surface area (Å²) in [6.07, 6.45) is 10.2. The third-order valence-corrected chi connectivity index (χ3v) is 13.4. The van der Waals surface area contributed by atoms with Crippen LogP contribution in [0.1, 0.15) is 64.0 Å². The molecule has 15 heteroatoms. The van der Waals surface area contributed by atoms with Gasteiger partial charge in [0, 0.05) is 72.8 Å². The van der Waals surface area contributed by atoms with E-state index in [1.54, 1.807) is 11.8 Å². The van der Waals surface area contributed by atoms with Gasteiger partial charge in [-0.2, -0.15) is 11.8 Å². The first-order valence-corrected chi connectivity index (χ1v) is 20.1. The van der Waals surface area contributed by atoms with E-state index >= 15 is 0 Å². The molecular formula is C36H46ClN7O4S3. The van der Waals surface area contributed by atoms with Crippen LogP contribution >= 0.6 is 34.9 Å². The summed E-state index contributed by atoms with van der Waals surface area (Å²) < 4.78 is 5.47. The molecule has 2 fully saturated rings. The number of urea groups is 1. The van der Waals surface area contributed by atoms with Gasteiger partial charge in [-0.25, -0.2) is 9.36 Å². The third-order valence-electron chi connectivity index (χ3n) is 9.39. The monoisotopic (exact) mass is 771 g/mol. The van der Waals surface area contributed by atoms with Gasteiger partial charge in [-0.1, -0.05) is 24.6 Å². The minimum atomic E-state index is -0.0621. The highest BCUT2D eigenvalue weighted by atomic mass is 35.5. The van der Waals surface area contributed by atoms with Gasteiger partial charge in [0.2, 0.25) is 17.5 Å². The lowest BCUT2D eigenvalue weighted by Crippen LogP contribution is -3.00. The van der Waals surface area contributed by atoms with Crippen LogP contribution in [0.5, 0.6) is 0 Å². The molecule has 0 radical (unpaired) electrons. The molecule has 0 bridgehead atoms. The normalized spacial score (nSPS) is 20.4. The second-order valence-electron chi connectivity index (χ2n) is 12.9. The van der Waals surface area contributed by atoms with Crippen molar-refractivity contribution in [3.63, 3.8) is 0 Å². The maximum absolute atomic E-state index is 13.5. The van der Waals surface area contributed by atoms with Crippen LogP contribution in [0.4, 0.5) is 16.2 Å². The van der Waals surface area contributed by atoms with Crippen molar-refractivity contribution in [3.05, 3.63) is 67.8 Å². The first-order chi connectivity index (χ1) is 24.2. The number of unbranched alkanes of at least 4 members (excludes halogenated alkanes) is 3. The Bertz CT molecular complexity index is 1930. The number of nitrogens with zero attached hydrogens (tertiary/aromatic N) is 3. The third kappa shape index (κ3) is 9.32. The Labute approximate surface area is 317 Å². The second-order valence-corrected chi connectivity index (χ2v) is 16.3. The number of amides is 4. The molecule has 1 aromatic carbocycles. The van der Waals surface area contributed by atoms with Crippen molar-refractivity contribution in [3.8, 4) is 0 Å². The van der Waals surface area contributed by atoms with E-state index in [0.29, 0.717) is 35.7 Å². The highest BCUT2D eigenvalue weighted by Gasteiger charge is 2.42. The van der Waals surface area contributed by atoms with Crippen LogP contribution < -0.4 is 57.9 Å². The SMILES string of the molecule is CCn1c(=O)/c(=C2\Sc3cc(NC(=O)CCCCCNC(=O)CCCC[C@@H]4SC[C@@H]5NC(=O)N[C@@H]54)ccc3N2C)s/c1=C\c1cccc[n+]1C.[Cl-]. The Kier molecular flexibility index (Phi) is 13.6. The molecule has 4 amide bonds. The van der Waals surface area contributed by atoms with Crippen LogP contribution in [0.3, 0.4) is 0 Å². The first-order valence-electron chi connectivity index (χ1n) is 17.4. The van der Waals surface area contributed by atoms with Crippen LogP contribution in [-0.2, 0) is 23.2 Å². The quantitative estimate of drug-likeness (QED) is 0.105. The largest absolute Gasteiger partial charge is 1.00 e. The van der Waals surface area contributed by atoms with Crippen molar-refractivity contribution in [1.29, 1.82) is 0 Å². The maximum Gasteiger partial charge on any atom is 0.315 e. The summed E-state index contributed by atoms with van der Waals surface area (Å²) in [6, 6.07) is 12.3. The van der Waals surface area contributed by atoms with Gasteiger partial charge in [0.15, 0.2) is 6.20 Å². The van der Waals surface area contributed by atoms with Gasteiger partial charge in [0.1, 0.15) is 21.3 Å². The molecule has 3 aromatic rings. The number of hydrogen-bond acceptors (Lipinski definition) is 8. The Morgan fingerprint density at radius 3 is 2.65 bits per heavy atom. The van der Waals surface area contributed by atoms with E-state index in [9.17, 15) is 19.2 Å². The highest BCUT2D eigenvalue weighted by Crippen LogP contribution is 2.46. The number of rotatable bonds is 14. The summed E-state index contributed by atoms with van der Waals surface area (Å²) in [7, 11) is 3.97. The minimum Gasteiger partial charge on any atom is -1.00 e. The molecule has 6 rings (SSSR count). The lowest BCUT2D eigenvalue weighted by molar-refractivity contribution is -0.673. The predicted molar refractivity (Wildman–Crippen MR) is 203 cm³/mol. The van der Waals surface area contributed by atoms with E-state index in [1.165, 1.54) is 11.3 Å². The zero-order valence-electron chi connectivity index (χ0n) is 29.2. The molecule has 2 aromatic heterocycles. The van der Waals surface area contributed by atoms with Crippen LogP contribution in [0.2, 0.25) is 0 Å². The summed E-state index contributed by atoms with van der Waals surface area (Å²) in [5, 5.41) is 13.3. The molecule has 3 aliphatic rings. The number of nitrogens with one attached hydrogen (secondary N) is 4. The van der Waals surface area contributed by atoms with Crippen molar-refractivity contribution in [1.82, 2.24) is 20.5 Å². The van der Waals surface area contributed by atoms with Gasteiger partial charge in [-0.05, 0) is 56.9 Å². The number of anilines is 2. The van der Waals surface area contributed by atoms with Gasteiger partial charge in [0.25, 0.3) is 5.56 Å². The van der Waals surface area contributed by atoms with Crippen LogP contribution in [0, 0.1) is 0 Å². The lowest BCUT2D eigenvalue weighted by Gasteiger charge is -2.16. The average molecular weight is 772 g/mol. The second kappa shape index (κ2) is 17.8. The van der Waals surface area contributed by atoms with Gasteiger partial charge < -0.3 is 38.6 Å². The minimum absolute atomic E-state index is 0. The Morgan fingerprint density at radius 2 is 1.84 bits per heavy atom. The lowest BCUT2D eigenvalue weighted by atomic mass is 10.0. The van der Waals surface area contributed by atoms with Crippen LogP contribution in [0.25, 0.3) is 11.1 Å². The fraction of sp³-hybridized carbons (Fsp3) is 0.472. The van der Waals surface area contributed by atoms with E-state index in [2.05, 4.69) is 32.2 Å². The Hall–Kier alpha value is -3.46. The number of aromatic nitrogens is 2. The molecule has 274 valence electrons. The number of thioether (sulfide) groups is 2. The standard InChI is InChI=1S/C36H45N7O4S3.ClH/c1-4-43-31(21-24-12-9-11-19-41(24)2)50-33(34(43)46)35-42(3)26-17-16-23(20-28(26)49-35)38-30(45)15-6-5-10-18-37-29(44)14-8-7-13-27-32-25(22-48-27)39-36(47)40-32;/h9,11-12,16-17,19-21,25,27,32H,4-8,10,13-15,18,22H2,1-3H3,(H3-,37,38,39,40,44,45,47);1H/b35-33+;/t25-,27-,32-;/m0./s1. The number of hydrogen-bond donors (Lipinski definition) is 4. The van der Waals surface area contributed by atoms with Gasteiger partial charge in [0.05, 0.1) is 17.8 Å². The van der Waals surface area contributed by atoms with Crippen molar-refractivity contribution >= 4 is 75.2 Å². The topological polar surface area (TPSA) is 128 Å². The van der Waals surface area contributed by atoms with Crippen molar-refractivity contribution in [2.75, 3.05) is 29.6 Å². The van der Waals surface area contributed by atoms with E-state index in [1.807, 2.05) is 84.5 Å². The molecule has 51 heavy (non-hydrogen) atoms. The average Bonchev–Trinajstić information content (AvgIpc) is 3.83. The number of pyridine rings is 1. The number of carbonyl (C=O) groups excluding carboxylic acids is 3. The molecule has 2 saturated heterocycles. The highest BCUT2D eigenvalue weighted by molar-refractivity contribution is 8.08. The zero-order chi connectivity index (χ0) is 35.2. The van der Waals surface area contributed by atoms with Crippen LogP contribution in [-0.4, -0.2) is 59.1 Å². The molecule has 0 unspecified atom stereocenters. The number of carbonyl (C=O) groups is 3. The van der Waals surface area contributed by atoms with E-state index < -0.39 is 0 Å². The summed E-state index contributed by atoms with van der Waals surface area (Å²) in [5.74, 6) is 0.996. The number of thiazole rings is 1. The number of halogens is 1. The molecule has 3 atom stereocenters.